The van der Waals surface area contributed by atoms with Crippen molar-refractivity contribution < 1.29 is 8.78 Å². The van der Waals surface area contributed by atoms with Crippen molar-refractivity contribution in [1.82, 2.24) is 5.32 Å². The number of rotatable bonds is 3. The first kappa shape index (κ1) is 24.6. The lowest BCUT2D eigenvalue weighted by Gasteiger charge is -2.26. The van der Waals surface area contributed by atoms with Crippen molar-refractivity contribution in [1.29, 1.82) is 5.26 Å². The summed E-state index contributed by atoms with van der Waals surface area (Å²) < 4.78 is 26.9. The van der Waals surface area contributed by atoms with E-state index in [0.29, 0.717) is 24.9 Å². The molecular formula is C25H33ClF2N2. The number of aryl methyl sites for hydroxylation is 1. The van der Waals surface area contributed by atoms with Gasteiger partial charge in [0.25, 0.3) is 0 Å². The first-order chi connectivity index (χ1) is 14.0. The van der Waals surface area contributed by atoms with Gasteiger partial charge in [0.15, 0.2) is 0 Å². The third kappa shape index (κ3) is 6.65. The molecule has 0 aromatic heterocycles. The highest BCUT2D eigenvalue weighted by Crippen LogP contribution is 2.38. The molecule has 2 nitrogen and oxygen atoms in total. The molecule has 4 unspecified atom stereocenters. The summed E-state index contributed by atoms with van der Waals surface area (Å²) in [4.78, 5) is -0.501. The largest absolute Gasteiger partial charge is 0.312 e. The highest BCUT2D eigenvalue weighted by Gasteiger charge is 2.39. The van der Waals surface area contributed by atoms with Crippen LogP contribution in [-0.2, 0) is 6.42 Å². The van der Waals surface area contributed by atoms with Gasteiger partial charge in [-0.1, -0.05) is 52.0 Å². The molecule has 1 aliphatic carbocycles. The Hall–Kier alpha value is -1.70. The zero-order chi connectivity index (χ0) is 22.5. The summed E-state index contributed by atoms with van der Waals surface area (Å²) in [6.45, 7) is 11.0. The van der Waals surface area contributed by atoms with Crippen molar-refractivity contribution in [2.75, 3.05) is 6.54 Å². The number of hydrogen-bond donors (Lipinski definition) is 1. The van der Waals surface area contributed by atoms with Gasteiger partial charge in [-0.15, -0.1) is 11.6 Å². The van der Waals surface area contributed by atoms with E-state index in [-0.39, 0.29) is 34.9 Å². The highest BCUT2D eigenvalue weighted by molar-refractivity contribution is 6.25. The molecule has 1 heterocycles. The summed E-state index contributed by atoms with van der Waals surface area (Å²) in [5.74, 6) is -0.568. The molecule has 1 aromatic carbocycles. The zero-order valence-electron chi connectivity index (χ0n) is 18.6. The Kier molecular flexibility index (Phi) is 8.25. The zero-order valence-corrected chi connectivity index (χ0v) is 19.4. The molecule has 164 valence electrons. The molecule has 1 saturated heterocycles. The average Bonchev–Trinajstić information content (AvgIpc) is 3.01. The fourth-order valence-corrected chi connectivity index (χ4v) is 4.30. The summed E-state index contributed by atoms with van der Waals surface area (Å²) in [6, 6.07) is 8.14. The Balaban J connectivity index is 0.000000297. The number of alkyl halides is 1. The lowest BCUT2D eigenvalue weighted by molar-refractivity contribution is 0.304. The van der Waals surface area contributed by atoms with Crippen LogP contribution in [0.4, 0.5) is 8.78 Å². The number of hydrogen-bond acceptors (Lipinski definition) is 2. The molecular weight excluding hydrogens is 402 g/mol. The van der Waals surface area contributed by atoms with Crippen LogP contribution in [-0.4, -0.2) is 17.5 Å². The molecule has 0 amide bonds. The van der Waals surface area contributed by atoms with E-state index in [1.165, 1.54) is 12.2 Å². The first-order valence-corrected chi connectivity index (χ1v) is 11.0. The molecule has 1 aromatic rings. The van der Waals surface area contributed by atoms with Crippen LogP contribution in [0.15, 0.2) is 42.3 Å². The van der Waals surface area contributed by atoms with Gasteiger partial charge in [0, 0.05) is 18.5 Å². The molecule has 1 N–H and O–H groups in total. The quantitative estimate of drug-likeness (QED) is 0.530. The van der Waals surface area contributed by atoms with E-state index >= 15 is 0 Å². The molecule has 0 radical (unpaired) electrons. The van der Waals surface area contributed by atoms with Gasteiger partial charge in [0.05, 0.1) is 16.9 Å². The van der Waals surface area contributed by atoms with E-state index in [1.54, 1.807) is 13.0 Å². The minimum atomic E-state index is -0.501. The second-order valence-electron chi connectivity index (χ2n) is 9.63. The van der Waals surface area contributed by atoms with Crippen LogP contribution < -0.4 is 5.32 Å². The predicted octanol–water partition coefficient (Wildman–Crippen LogP) is 6.82. The van der Waals surface area contributed by atoms with E-state index in [9.17, 15) is 14.0 Å². The number of halogens is 3. The smallest absolute Gasteiger partial charge is 0.129 e. The molecule has 2 aliphatic rings. The Morgan fingerprint density at radius 3 is 2.50 bits per heavy atom. The SMILES string of the molecule is CC1(Cl)C=C(F)C=CC1.CCc1cccc(C2CNC(CC(C)(C)C)C2C#N)c1F. The Morgan fingerprint density at radius 1 is 1.30 bits per heavy atom. The van der Waals surface area contributed by atoms with Crippen LogP contribution >= 0.6 is 11.6 Å². The average molecular weight is 435 g/mol. The lowest BCUT2D eigenvalue weighted by atomic mass is 9.79. The summed E-state index contributed by atoms with van der Waals surface area (Å²) >= 11 is 5.80. The van der Waals surface area contributed by atoms with E-state index in [4.69, 9.17) is 11.6 Å². The van der Waals surface area contributed by atoms with E-state index in [0.717, 1.165) is 12.0 Å². The minimum absolute atomic E-state index is 0.0474. The molecule has 4 atom stereocenters. The molecule has 3 rings (SSSR count). The third-order valence-electron chi connectivity index (χ3n) is 5.57. The third-order valence-corrected chi connectivity index (χ3v) is 5.83. The maximum absolute atomic E-state index is 14.6. The van der Waals surface area contributed by atoms with Crippen molar-refractivity contribution in [3.05, 3.63) is 59.2 Å². The molecule has 0 bridgehead atoms. The van der Waals surface area contributed by atoms with Gasteiger partial charge in [-0.05, 0) is 54.9 Å². The molecule has 0 spiro atoms. The van der Waals surface area contributed by atoms with Crippen molar-refractivity contribution in [3.8, 4) is 6.07 Å². The fraction of sp³-hybridized carbons (Fsp3) is 0.560. The van der Waals surface area contributed by atoms with Crippen LogP contribution in [0.5, 0.6) is 0 Å². The number of allylic oxidation sites excluding steroid dienone is 4. The monoisotopic (exact) mass is 434 g/mol. The van der Waals surface area contributed by atoms with E-state index in [2.05, 4.69) is 32.2 Å². The van der Waals surface area contributed by atoms with Gasteiger partial charge < -0.3 is 5.32 Å². The van der Waals surface area contributed by atoms with Crippen LogP contribution in [0, 0.1) is 28.5 Å². The maximum atomic E-state index is 14.6. The second kappa shape index (κ2) is 10.1. The predicted molar refractivity (Wildman–Crippen MR) is 121 cm³/mol. The molecule has 30 heavy (non-hydrogen) atoms. The van der Waals surface area contributed by atoms with Gasteiger partial charge in [-0.2, -0.15) is 5.26 Å². The van der Waals surface area contributed by atoms with Crippen LogP contribution in [0.3, 0.4) is 0 Å². The fourth-order valence-electron chi connectivity index (χ4n) is 4.11. The first-order valence-electron chi connectivity index (χ1n) is 10.6. The highest BCUT2D eigenvalue weighted by atomic mass is 35.5. The van der Waals surface area contributed by atoms with Crippen molar-refractivity contribution in [2.24, 2.45) is 11.3 Å². The second-order valence-corrected chi connectivity index (χ2v) is 10.5. The van der Waals surface area contributed by atoms with Crippen LogP contribution in [0.2, 0.25) is 0 Å². The summed E-state index contributed by atoms with van der Waals surface area (Å²) in [5.41, 5.74) is 1.60. The van der Waals surface area contributed by atoms with E-state index < -0.39 is 4.87 Å². The van der Waals surface area contributed by atoms with Crippen LogP contribution in [0.1, 0.15) is 64.5 Å². The summed E-state index contributed by atoms with van der Waals surface area (Å²) in [7, 11) is 0. The van der Waals surface area contributed by atoms with Gasteiger partial charge >= 0.3 is 0 Å². The number of benzene rings is 1. The molecule has 1 fully saturated rings. The maximum Gasteiger partial charge on any atom is 0.129 e. The van der Waals surface area contributed by atoms with Crippen molar-refractivity contribution in [3.63, 3.8) is 0 Å². The number of nitriles is 1. The summed E-state index contributed by atoms with van der Waals surface area (Å²) in [6.07, 6.45) is 6.92. The minimum Gasteiger partial charge on any atom is -0.312 e. The molecule has 0 saturated carbocycles. The Bertz CT molecular complexity index is 831. The summed E-state index contributed by atoms with van der Waals surface area (Å²) in [5, 5.41) is 13.0. The van der Waals surface area contributed by atoms with E-state index in [1.807, 2.05) is 25.1 Å². The Labute approximate surface area is 185 Å². The Morgan fingerprint density at radius 2 is 2.00 bits per heavy atom. The number of nitrogens with zero attached hydrogens (tertiary/aromatic N) is 1. The van der Waals surface area contributed by atoms with Crippen molar-refractivity contribution >= 4 is 11.6 Å². The van der Waals surface area contributed by atoms with Gasteiger partial charge in [-0.25, -0.2) is 8.78 Å². The topological polar surface area (TPSA) is 35.8 Å². The van der Waals surface area contributed by atoms with Gasteiger partial charge in [0.2, 0.25) is 0 Å². The number of nitrogens with one attached hydrogen (secondary N) is 1. The van der Waals surface area contributed by atoms with Gasteiger partial charge in [0.1, 0.15) is 11.6 Å². The standard InChI is InChI=1S/C18H25FN2.C7H8ClF/c1-5-12-7-6-8-13(17(12)19)15-11-21-16(14(15)10-20)9-18(2,3)4;1-7(8)4-2-3-6(9)5-7/h6-8,14-16,21H,5,9,11H2,1-4H3;2-3,5H,4H2,1H3. The van der Waals surface area contributed by atoms with Gasteiger partial charge in [-0.3, -0.25) is 0 Å². The molecule has 1 aliphatic heterocycles. The normalized spacial score (nSPS) is 28.4. The van der Waals surface area contributed by atoms with Crippen LogP contribution in [0.25, 0.3) is 0 Å². The molecule has 5 heteroatoms. The lowest BCUT2D eigenvalue weighted by Crippen LogP contribution is -2.31. The van der Waals surface area contributed by atoms with Crippen molar-refractivity contribution in [2.45, 2.75) is 70.7 Å².